The van der Waals surface area contributed by atoms with Crippen LogP contribution >= 0.6 is 0 Å². The average molecular weight is 294 g/mol. The van der Waals surface area contributed by atoms with E-state index < -0.39 is 0 Å². The van der Waals surface area contributed by atoms with Crippen molar-refractivity contribution in [1.29, 1.82) is 0 Å². The zero-order valence-corrected chi connectivity index (χ0v) is 13.5. The van der Waals surface area contributed by atoms with E-state index in [-0.39, 0.29) is 0 Å². The average Bonchev–Trinajstić information content (AvgIpc) is 2.54. The monoisotopic (exact) mass is 294 g/mol. The second-order valence-electron chi connectivity index (χ2n) is 5.83. The molecule has 0 amide bonds. The van der Waals surface area contributed by atoms with E-state index in [9.17, 15) is 5.11 Å². The van der Waals surface area contributed by atoms with Gasteiger partial charge in [-0.1, -0.05) is 86.4 Å². The van der Waals surface area contributed by atoms with Gasteiger partial charge in [0, 0.05) is 0 Å². The maximum absolute atomic E-state index is 10.0. The lowest BCUT2D eigenvalue weighted by molar-refractivity contribution is 0.469. The minimum atomic E-state index is 0.398. The first-order chi connectivity index (χ1) is 10.8. The molecule has 0 bridgehead atoms. The lowest BCUT2D eigenvalue weighted by Crippen LogP contribution is -1.93. The molecule has 1 nitrogen and oxygen atoms in total. The van der Waals surface area contributed by atoms with Crippen LogP contribution in [0.3, 0.4) is 0 Å². The number of benzene rings is 2. The Bertz CT molecular complexity index is 584. The van der Waals surface area contributed by atoms with Crippen LogP contribution < -0.4 is 0 Å². The number of aromatic hydroxyl groups is 1. The van der Waals surface area contributed by atoms with E-state index in [4.69, 9.17) is 0 Å². The van der Waals surface area contributed by atoms with Crippen LogP contribution in [-0.2, 0) is 6.42 Å². The highest BCUT2D eigenvalue weighted by Crippen LogP contribution is 2.24. The Hall–Kier alpha value is -2.02. The fourth-order valence-electron chi connectivity index (χ4n) is 2.68. The van der Waals surface area contributed by atoms with Crippen molar-refractivity contribution in [3.05, 3.63) is 71.3 Å². The van der Waals surface area contributed by atoms with Crippen LogP contribution in [-0.4, -0.2) is 5.11 Å². The standard InChI is InChI=1S/C21H26O/c1-2-3-4-6-13-19(16-18-11-7-5-8-12-18)17-20-14-9-10-15-21(20)22/h5,7-12,14-16,22H,2-4,6,13,17H2,1H3/b19-16+. The van der Waals surface area contributed by atoms with Crippen LogP contribution in [0.15, 0.2) is 60.2 Å². The summed E-state index contributed by atoms with van der Waals surface area (Å²) in [7, 11) is 0. The Morgan fingerprint density at radius 3 is 2.36 bits per heavy atom. The number of phenols is 1. The molecule has 0 saturated carbocycles. The molecule has 0 unspecified atom stereocenters. The molecular weight excluding hydrogens is 268 g/mol. The molecule has 2 rings (SSSR count). The fraction of sp³-hybridized carbons (Fsp3) is 0.333. The smallest absolute Gasteiger partial charge is 0.119 e. The van der Waals surface area contributed by atoms with Crippen LogP contribution in [0.2, 0.25) is 0 Å². The summed E-state index contributed by atoms with van der Waals surface area (Å²) in [5.41, 5.74) is 3.65. The fourth-order valence-corrected chi connectivity index (χ4v) is 2.68. The molecule has 2 aromatic rings. The predicted octanol–water partition coefficient (Wildman–Crippen LogP) is 5.99. The summed E-state index contributed by atoms with van der Waals surface area (Å²) < 4.78 is 0. The Kier molecular flexibility index (Phi) is 6.76. The van der Waals surface area contributed by atoms with Crippen molar-refractivity contribution in [1.82, 2.24) is 0 Å². The van der Waals surface area contributed by atoms with Crippen molar-refractivity contribution in [3.8, 4) is 5.75 Å². The summed E-state index contributed by atoms with van der Waals surface area (Å²) >= 11 is 0. The van der Waals surface area contributed by atoms with E-state index in [0.717, 1.165) is 18.4 Å². The van der Waals surface area contributed by atoms with Gasteiger partial charge in [0.25, 0.3) is 0 Å². The summed E-state index contributed by atoms with van der Waals surface area (Å²) in [6, 6.07) is 18.1. The van der Waals surface area contributed by atoms with Gasteiger partial charge in [-0.15, -0.1) is 0 Å². The van der Waals surface area contributed by atoms with Crippen molar-refractivity contribution in [2.24, 2.45) is 0 Å². The molecule has 0 aliphatic carbocycles. The zero-order valence-electron chi connectivity index (χ0n) is 13.5. The normalized spacial score (nSPS) is 11.6. The Labute approximate surface area is 134 Å². The minimum absolute atomic E-state index is 0.398. The number of allylic oxidation sites excluding steroid dienone is 1. The Morgan fingerprint density at radius 1 is 0.909 bits per heavy atom. The first-order valence-electron chi connectivity index (χ1n) is 8.31. The van der Waals surface area contributed by atoms with Crippen molar-refractivity contribution < 1.29 is 5.11 Å². The van der Waals surface area contributed by atoms with Crippen LogP contribution in [0.25, 0.3) is 6.08 Å². The molecular formula is C21H26O. The summed E-state index contributed by atoms with van der Waals surface area (Å²) in [5.74, 6) is 0.398. The maximum atomic E-state index is 10.0. The van der Waals surface area contributed by atoms with Gasteiger partial charge < -0.3 is 5.11 Å². The largest absolute Gasteiger partial charge is 0.508 e. The van der Waals surface area contributed by atoms with E-state index in [1.54, 1.807) is 6.07 Å². The van der Waals surface area contributed by atoms with E-state index >= 15 is 0 Å². The molecule has 1 N–H and O–H groups in total. The molecule has 2 aromatic carbocycles. The molecule has 0 spiro atoms. The van der Waals surface area contributed by atoms with Gasteiger partial charge in [-0.25, -0.2) is 0 Å². The second-order valence-corrected chi connectivity index (χ2v) is 5.83. The van der Waals surface area contributed by atoms with E-state index in [0.29, 0.717) is 5.75 Å². The summed E-state index contributed by atoms with van der Waals surface area (Å²) in [4.78, 5) is 0. The predicted molar refractivity (Wildman–Crippen MR) is 95.0 cm³/mol. The van der Waals surface area contributed by atoms with E-state index in [1.165, 1.54) is 36.8 Å². The number of para-hydroxylation sites is 1. The molecule has 0 aliphatic heterocycles. The highest BCUT2D eigenvalue weighted by molar-refractivity contribution is 5.54. The van der Waals surface area contributed by atoms with Gasteiger partial charge in [0.2, 0.25) is 0 Å². The van der Waals surface area contributed by atoms with Gasteiger partial charge in [-0.2, -0.15) is 0 Å². The maximum Gasteiger partial charge on any atom is 0.119 e. The topological polar surface area (TPSA) is 20.2 Å². The van der Waals surface area contributed by atoms with Gasteiger partial charge >= 0.3 is 0 Å². The van der Waals surface area contributed by atoms with Crippen molar-refractivity contribution in [2.75, 3.05) is 0 Å². The highest BCUT2D eigenvalue weighted by Gasteiger charge is 2.05. The number of hydrogen-bond acceptors (Lipinski definition) is 1. The molecule has 116 valence electrons. The van der Waals surface area contributed by atoms with Crippen molar-refractivity contribution in [3.63, 3.8) is 0 Å². The molecule has 0 saturated heterocycles. The molecule has 1 heteroatoms. The third kappa shape index (κ3) is 5.40. The van der Waals surface area contributed by atoms with Crippen molar-refractivity contribution in [2.45, 2.75) is 45.4 Å². The van der Waals surface area contributed by atoms with Gasteiger partial charge in [0.1, 0.15) is 5.75 Å². The SMILES string of the molecule is CCCCCC/C(=C\c1ccccc1)Cc1ccccc1O. The minimum Gasteiger partial charge on any atom is -0.508 e. The second kappa shape index (κ2) is 9.09. The van der Waals surface area contributed by atoms with Crippen LogP contribution in [0.1, 0.15) is 50.2 Å². The van der Waals surface area contributed by atoms with Crippen LogP contribution in [0.4, 0.5) is 0 Å². The van der Waals surface area contributed by atoms with Gasteiger partial charge in [0.05, 0.1) is 0 Å². The third-order valence-corrected chi connectivity index (χ3v) is 3.93. The van der Waals surface area contributed by atoms with Gasteiger partial charge in [-0.05, 0) is 36.5 Å². The lowest BCUT2D eigenvalue weighted by atomic mass is 9.97. The number of hydrogen-bond donors (Lipinski definition) is 1. The van der Waals surface area contributed by atoms with Gasteiger partial charge in [0.15, 0.2) is 0 Å². The molecule has 0 heterocycles. The first-order valence-corrected chi connectivity index (χ1v) is 8.31. The molecule has 22 heavy (non-hydrogen) atoms. The summed E-state index contributed by atoms with van der Waals surface area (Å²) in [5, 5.41) is 10.0. The molecule has 0 fully saturated rings. The Morgan fingerprint density at radius 2 is 1.64 bits per heavy atom. The Balaban J connectivity index is 2.11. The lowest BCUT2D eigenvalue weighted by Gasteiger charge is -2.10. The first kappa shape index (κ1) is 16.4. The highest BCUT2D eigenvalue weighted by atomic mass is 16.3. The summed E-state index contributed by atoms with van der Waals surface area (Å²) in [6.07, 6.45) is 9.27. The van der Waals surface area contributed by atoms with E-state index in [1.807, 2.05) is 24.3 Å². The van der Waals surface area contributed by atoms with Gasteiger partial charge in [-0.3, -0.25) is 0 Å². The molecule has 0 aliphatic rings. The van der Waals surface area contributed by atoms with Crippen LogP contribution in [0.5, 0.6) is 5.75 Å². The van der Waals surface area contributed by atoms with E-state index in [2.05, 4.69) is 37.3 Å². The molecule has 0 aromatic heterocycles. The zero-order chi connectivity index (χ0) is 15.6. The quantitative estimate of drug-likeness (QED) is 0.593. The number of phenolic OH excluding ortho intramolecular Hbond substituents is 1. The summed E-state index contributed by atoms with van der Waals surface area (Å²) in [6.45, 7) is 2.24. The third-order valence-electron chi connectivity index (χ3n) is 3.93. The molecule has 0 atom stereocenters. The number of rotatable bonds is 8. The van der Waals surface area contributed by atoms with Crippen LogP contribution in [0, 0.1) is 0 Å². The van der Waals surface area contributed by atoms with Crippen molar-refractivity contribution >= 4 is 6.08 Å². The number of unbranched alkanes of at least 4 members (excludes halogenated alkanes) is 3. The molecule has 0 radical (unpaired) electrons.